The number of carbonyl (C=O) groups excluding carboxylic acids is 1. The van der Waals surface area contributed by atoms with Crippen LogP contribution in [-0.2, 0) is 10.0 Å². The van der Waals surface area contributed by atoms with Crippen LogP contribution in [-0.4, -0.2) is 46.0 Å². The molecule has 1 unspecified atom stereocenters. The van der Waals surface area contributed by atoms with Gasteiger partial charge in [0, 0.05) is 29.8 Å². The lowest BCUT2D eigenvalue weighted by atomic mass is 10.0. The molecule has 1 heterocycles. The van der Waals surface area contributed by atoms with Gasteiger partial charge in [0.15, 0.2) is 0 Å². The van der Waals surface area contributed by atoms with E-state index in [-0.39, 0.29) is 27.9 Å². The van der Waals surface area contributed by atoms with E-state index < -0.39 is 10.0 Å². The van der Waals surface area contributed by atoms with Crippen LogP contribution in [0.4, 0.5) is 0 Å². The molecule has 0 radical (unpaired) electrons. The normalized spacial score (nSPS) is 18.8. The summed E-state index contributed by atoms with van der Waals surface area (Å²) in [6, 6.07) is 9.74. The standard InChI is InChI=1S/C22H25ClN2O5S/c1-29-16-8-9-17(20(13-16)30-2)19-4-3-11-25(19)22(26)14-5-10-18(23)21(12-14)31(27,28)24-15-6-7-15/h5,8-10,12-13,15,19,24H,3-4,6-7,11H2,1-2H3. The maximum atomic E-state index is 13.4. The van der Waals surface area contributed by atoms with Gasteiger partial charge in [-0.05, 0) is 56.0 Å². The van der Waals surface area contributed by atoms with Crippen molar-refractivity contribution in [2.24, 2.45) is 0 Å². The first-order valence-electron chi connectivity index (χ1n) is 10.2. The van der Waals surface area contributed by atoms with Gasteiger partial charge in [-0.15, -0.1) is 0 Å². The topological polar surface area (TPSA) is 84.9 Å². The van der Waals surface area contributed by atoms with Gasteiger partial charge in [-0.1, -0.05) is 11.6 Å². The zero-order valence-corrected chi connectivity index (χ0v) is 19.0. The van der Waals surface area contributed by atoms with Crippen molar-refractivity contribution in [2.45, 2.75) is 42.7 Å². The van der Waals surface area contributed by atoms with Gasteiger partial charge >= 0.3 is 0 Å². The number of sulfonamides is 1. The predicted molar refractivity (Wildman–Crippen MR) is 117 cm³/mol. The summed E-state index contributed by atoms with van der Waals surface area (Å²) in [7, 11) is -0.605. The fraction of sp³-hybridized carbons (Fsp3) is 0.409. The third-order valence-corrected chi connectivity index (χ3v) is 7.68. The predicted octanol–water partition coefficient (Wildman–Crippen LogP) is 3.78. The molecule has 2 fully saturated rings. The van der Waals surface area contributed by atoms with Crippen molar-refractivity contribution in [2.75, 3.05) is 20.8 Å². The van der Waals surface area contributed by atoms with Crippen molar-refractivity contribution in [3.8, 4) is 11.5 Å². The summed E-state index contributed by atoms with van der Waals surface area (Å²) in [5.41, 5.74) is 1.19. The number of ether oxygens (including phenoxy) is 2. The van der Waals surface area contributed by atoms with Gasteiger partial charge in [-0.25, -0.2) is 13.1 Å². The van der Waals surface area contributed by atoms with Crippen molar-refractivity contribution >= 4 is 27.5 Å². The average molecular weight is 465 g/mol. The molecule has 1 saturated heterocycles. The molecule has 1 saturated carbocycles. The highest BCUT2D eigenvalue weighted by Crippen LogP contribution is 2.39. The number of halogens is 1. The second-order valence-corrected chi connectivity index (χ2v) is 9.89. The van der Waals surface area contributed by atoms with Crippen LogP contribution in [0.15, 0.2) is 41.3 Å². The van der Waals surface area contributed by atoms with Crippen molar-refractivity contribution in [3.05, 3.63) is 52.5 Å². The van der Waals surface area contributed by atoms with E-state index in [2.05, 4.69) is 4.72 Å². The van der Waals surface area contributed by atoms with E-state index >= 15 is 0 Å². The van der Waals surface area contributed by atoms with Crippen LogP contribution in [0.2, 0.25) is 5.02 Å². The molecular formula is C22H25ClN2O5S. The zero-order chi connectivity index (χ0) is 22.2. The van der Waals surface area contributed by atoms with Gasteiger partial charge in [0.1, 0.15) is 16.4 Å². The summed E-state index contributed by atoms with van der Waals surface area (Å²) < 4.78 is 38.8. The first kappa shape index (κ1) is 21.9. The molecule has 7 nitrogen and oxygen atoms in total. The fourth-order valence-corrected chi connectivity index (χ4v) is 5.75. The van der Waals surface area contributed by atoms with Crippen molar-refractivity contribution in [3.63, 3.8) is 0 Å². The molecule has 0 aromatic heterocycles. The maximum Gasteiger partial charge on any atom is 0.254 e. The van der Waals surface area contributed by atoms with E-state index in [1.165, 1.54) is 12.1 Å². The first-order chi connectivity index (χ1) is 14.8. The third kappa shape index (κ3) is 4.51. The minimum Gasteiger partial charge on any atom is -0.497 e. The van der Waals surface area contributed by atoms with Gasteiger partial charge in [0.05, 0.1) is 25.3 Å². The van der Waals surface area contributed by atoms with Crippen LogP contribution in [0.1, 0.15) is 47.6 Å². The van der Waals surface area contributed by atoms with Gasteiger partial charge in [0.25, 0.3) is 5.91 Å². The van der Waals surface area contributed by atoms with Gasteiger partial charge in [-0.2, -0.15) is 0 Å². The van der Waals surface area contributed by atoms with E-state index in [9.17, 15) is 13.2 Å². The highest BCUT2D eigenvalue weighted by molar-refractivity contribution is 7.89. The summed E-state index contributed by atoms with van der Waals surface area (Å²) in [5.74, 6) is 1.09. The van der Waals surface area contributed by atoms with Crippen LogP contribution < -0.4 is 14.2 Å². The van der Waals surface area contributed by atoms with Gasteiger partial charge in [-0.3, -0.25) is 4.79 Å². The molecule has 2 aromatic carbocycles. The Morgan fingerprint density at radius 2 is 1.87 bits per heavy atom. The minimum atomic E-state index is -3.78. The summed E-state index contributed by atoms with van der Waals surface area (Å²) in [5, 5.41) is 0.0968. The number of nitrogens with zero attached hydrogens (tertiary/aromatic N) is 1. The lowest BCUT2D eigenvalue weighted by Gasteiger charge is -2.27. The second-order valence-electron chi connectivity index (χ2n) is 7.81. The number of hydrogen-bond acceptors (Lipinski definition) is 5. The highest BCUT2D eigenvalue weighted by atomic mass is 35.5. The number of amides is 1. The maximum absolute atomic E-state index is 13.4. The number of likely N-dealkylation sites (tertiary alicyclic amines) is 1. The molecule has 31 heavy (non-hydrogen) atoms. The molecular weight excluding hydrogens is 440 g/mol. The Kier molecular flexibility index (Phi) is 6.14. The summed E-state index contributed by atoms with van der Waals surface area (Å²) in [4.78, 5) is 15.1. The summed E-state index contributed by atoms with van der Waals surface area (Å²) in [6.45, 7) is 0.573. The molecule has 1 atom stereocenters. The van der Waals surface area contributed by atoms with Crippen molar-refractivity contribution in [1.29, 1.82) is 0 Å². The van der Waals surface area contributed by atoms with E-state index in [1.54, 1.807) is 31.3 Å². The molecule has 0 bridgehead atoms. The second kappa shape index (κ2) is 8.68. The number of carbonyl (C=O) groups is 1. The van der Waals surface area contributed by atoms with E-state index in [4.69, 9.17) is 21.1 Å². The first-order valence-corrected chi connectivity index (χ1v) is 12.0. The molecule has 1 N–H and O–H groups in total. The molecule has 2 aliphatic rings. The Labute approximate surface area is 187 Å². The largest absolute Gasteiger partial charge is 0.497 e. The van der Waals surface area contributed by atoms with Crippen molar-refractivity contribution < 1.29 is 22.7 Å². The van der Waals surface area contributed by atoms with Crippen molar-refractivity contribution in [1.82, 2.24) is 9.62 Å². The average Bonchev–Trinajstić information content (AvgIpc) is 3.43. The van der Waals surface area contributed by atoms with Crippen LogP contribution in [0.5, 0.6) is 11.5 Å². The van der Waals surface area contributed by atoms with Crippen LogP contribution >= 0.6 is 11.6 Å². The van der Waals surface area contributed by atoms with E-state index in [0.29, 0.717) is 23.6 Å². The molecule has 0 spiro atoms. The lowest BCUT2D eigenvalue weighted by Crippen LogP contribution is -2.31. The molecule has 2 aromatic rings. The molecule has 4 rings (SSSR count). The SMILES string of the molecule is COc1ccc(C2CCCN2C(=O)c2ccc(Cl)c(S(=O)(=O)NC3CC3)c2)c(OC)c1. The lowest BCUT2D eigenvalue weighted by molar-refractivity contribution is 0.0734. The molecule has 1 aliphatic carbocycles. The summed E-state index contributed by atoms with van der Waals surface area (Å²) >= 11 is 6.17. The number of methoxy groups -OCH3 is 2. The quantitative estimate of drug-likeness (QED) is 0.674. The zero-order valence-electron chi connectivity index (χ0n) is 17.4. The Balaban J connectivity index is 1.64. The number of benzene rings is 2. The number of hydrogen-bond donors (Lipinski definition) is 1. The van der Waals surface area contributed by atoms with Crippen LogP contribution in [0, 0.1) is 0 Å². The van der Waals surface area contributed by atoms with Crippen LogP contribution in [0.3, 0.4) is 0 Å². The van der Waals surface area contributed by atoms with Gasteiger partial charge < -0.3 is 14.4 Å². The van der Waals surface area contributed by atoms with E-state index in [0.717, 1.165) is 31.2 Å². The molecule has 1 aliphatic heterocycles. The fourth-order valence-electron chi connectivity index (χ4n) is 3.92. The Morgan fingerprint density at radius 3 is 2.55 bits per heavy atom. The minimum absolute atomic E-state index is 0.0501. The monoisotopic (exact) mass is 464 g/mol. The smallest absolute Gasteiger partial charge is 0.254 e. The Hall–Kier alpha value is -2.29. The third-order valence-electron chi connectivity index (χ3n) is 5.68. The van der Waals surface area contributed by atoms with Crippen LogP contribution in [0.25, 0.3) is 0 Å². The molecule has 9 heteroatoms. The Bertz CT molecular complexity index is 1100. The number of rotatable bonds is 7. The number of nitrogens with one attached hydrogen (secondary N) is 1. The molecule has 166 valence electrons. The van der Waals surface area contributed by atoms with Gasteiger partial charge in [0.2, 0.25) is 10.0 Å². The van der Waals surface area contributed by atoms with E-state index in [1.807, 2.05) is 12.1 Å². The Morgan fingerprint density at radius 1 is 1.10 bits per heavy atom. The summed E-state index contributed by atoms with van der Waals surface area (Å²) in [6.07, 6.45) is 3.26. The highest BCUT2D eigenvalue weighted by Gasteiger charge is 2.34. The molecule has 1 amide bonds.